The van der Waals surface area contributed by atoms with Crippen LogP contribution < -0.4 is 5.32 Å². The number of carbonyl (C=O) groups is 1. The number of hydrogen-bond donors (Lipinski definition) is 1. The minimum Gasteiger partial charge on any atom is -0.369 e. The van der Waals surface area contributed by atoms with E-state index >= 15 is 0 Å². The number of amides is 1. The highest BCUT2D eigenvalue weighted by Gasteiger charge is 2.43. The molecule has 1 aromatic heterocycles. The van der Waals surface area contributed by atoms with E-state index in [1.54, 1.807) is 11.3 Å². The van der Waals surface area contributed by atoms with Crippen LogP contribution in [0.5, 0.6) is 0 Å². The van der Waals surface area contributed by atoms with Gasteiger partial charge in [-0.1, -0.05) is 6.42 Å². The van der Waals surface area contributed by atoms with Gasteiger partial charge in [0.2, 0.25) is 0 Å². The van der Waals surface area contributed by atoms with Gasteiger partial charge in [-0.05, 0) is 69.0 Å². The Morgan fingerprint density at radius 3 is 2.88 bits per heavy atom. The van der Waals surface area contributed by atoms with Gasteiger partial charge in [-0.3, -0.25) is 4.79 Å². The summed E-state index contributed by atoms with van der Waals surface area (Å²) < 4.78 is 6.30. The molecule has 2 aliphatic heterocycles. The summed E-state index contributed by atoms with van der Waals surface area (Å²) in [4.78, 5) is 17.5. The Hall–Kier alpha value is -0.910. The van der Waals surface area contributed by atoms with Crippen molar-refractivity contribution in [2.75, 3.05) is 26.7 Å². The molecule has 3 atom stereocenters. The fourth-order valence-electron chi connectivity index (χ4n) is 5.55. The van der Waals surface area contributed by atoms with Gasteiger partial charge in [0.25, 0.3) is 5.91 Å². The second kappa shape index (κ2) is 6.07. The van der Waals surface area contributed by atoms with Crippen LogP contribution in [0.4, 0.5) is 0 Å². The van der Waals surface area contributed by atoms with Crippen molar-refractivity contribution in [3.63, 3.8) is 0 Å². The van der Waals surface area contributed by atoms with Crippen molar-refractivity contribution in [3.05, 3.63) is 21.4 Å². The average Bonchev–Trinajstić information content (AvgIpc) is 3.33. The topological polar surface area (TPSA) is 41.6 Å². The Bertz CT molecular complexity index is 677. The van der Waals surface area contributed by atoms with Crippen molar-refractivity contribution >= 4 is 17.2 Å². The first-order valence-electron chi connectivity index (χ1n) is 9.89. The molecule has 1 N–H and O–H groups in total. The zero-order chi connectivity index (χ0) is 17.0. The molecular weight excluding hydrogens is 332 g/mol. The number of nitrogens with zero attached hydrogens (tertiary/aromatic N) is 1. The Balaban J connectivity index is 1.35. The van der Waals surface area contributed by atoms with Gasteiger partial charge in [-0.25, -0.2) is 0 Å². The van der Waals surface area contributed by atoms with E-state index in [2.05, 4.69) is 23.3 Å². The Morgan fingerprint density at radius 1 is 1.32 bits per heavy atom. The van der Waals surface area contributed by atoms with E-state index < -0.39 is 0 Å². The van der Waals surface area contributed by atoms with Crippen LogP contribution in [0.3, 0.4) is 0 Å². The van der Waals surface area contributed by atoms with Crippen LogP contribution in [0.25, 0.3) is 0 Å². The van der Waals surface area contributed by atoms with Gasteiger partial charge in [0, 0.05) is 24.0 Å². The lowest BCUT2D eigenvalue weighted by molar-refractivity contribution is -0.0921. The van der Waals surface area contributed by atoms with Crippen molar-refractivity contribution < 1.29 is 9.53 Å². The predicted octanol–water partition coefficient (Wildman–Crippen LogP) is 3.16. The number of nitrogens with one attached hydrogen (secondary N) is 1. The fraction of sp³-hybridized carbons (Fsp3) is 0.750. The SMILES string of the molecule is CN1CCC2(CC1)OCCc1cc(C(=O)N[C@@H]3C[C@@H]4CC[C@H]3C4)sc12. The molecule has 3 fully saturated rings. The number of piperidine rings is 1. The molecule has 136 valence electrons. The highest BCUT2D eigenvalue weighted by Crippen LogP contribution is 2.46. The minimum absolute atomic E-state index is 0.129. The molecule has 1 spiro atoms. The standard InChI is InChI=1S/C20H28N2O2S/c1-22-7-5-20(6-8-22)18-15(4-9-24-20)12-17(25-18)19(23)21-16-11-13-2-3-14(16)10-13/h12-14,16H,2-11H2,1H3,(H,21,23)/t13-,14+,16-/m1/s1. The highest BCUT2D eigenvalue weighted by atomic mass is 32.1. The quantitative estimate of drug-likeness (QED) is 0.881. The number of fused-ring (bicyclic) bond motifs is 4. The monoisotopic (exact) mass is 360 g/mol. The van der Waals surface area contributed by atoms with E-state index in [4.69, 9.17) is 4.74 Å². The summed E-state index contributed by atoms with van der Waals surface area (Å²) in [6, 6.07) is 2.57. The number of hydrogen-bond acceptors (Lipinski definition) is 4. The second-order valence-corrected chi connectivity index (χ2v) is 9.67. The second-order valence-electron chi connectivity index (χ2n) is 8.62. The number of carbonyl (C=O) groups excluding carboxylic acids is 1. The summed E-state index contributed by atoms with van der Waals surface area (Å²) in [5.74, 6) is 1.75. The largest absolute Gasteiger partial charge is 0.369 e. The van der Waals surface area contributed by atoms with Crippen LogP contribution in [-0.2, 0) is 16.8 Å². The van der Waals surface area contributed by atoms with Crippen LogP contribution in [-0.4, -0.2) is 43.6 Å². The van der Waals surface area contributed by atoms with Gasteiger partial charge in [-0.15, -0.1) is 11.3 Å². The molecular formula is C20H28N2O2S. The fourth-order valence-corrected chi connectivity index (χ4v) is 6.86. The number of likely N-dealkylation sites (tertiary alicyclic amines) is 1. The summed E-state index contributed by atoms with van der Waals surface area (Å²) in [7, 11) is 2.18. The molecule has 1 aromatic rings. The van der Waals surface area contributed by atoms with Crippen LogP contribution in [0.1, 0.15) is 58.6 Å². The molecule has 0 radical (unpaired) electrons. The third-order valence-corrected chi connectivity index (χ3v) is 8.41. The van der Waals surface area contributed by atoms with Gasteiger partial charge in [0.05, 0.1) is 11.5 Å². The van der Waals surface area contributed by atoms with E-state index in [0.29, 0.717) is 6.04 Å². The van der Waals surface area contributed by atoms with Gasteiger partial charge < -0.3 is 15.0 Å². The smallest absolute Gasteiger partial charge is 0.261 e. The number of ether oxygens (including phenoxy) is 1. The van der Waals surface area contributed by atoms with Crippen molar-refractivity contribution in [1.29, 1.82) is 0 Å². The Kier molecular flexibility index (Phi) is 3.95. The van der Waals surface area contributed by atoms with Crippen molar-refractivity contribution in [2.24, 2.45) is 11.8 Å². The normalized spacial score (nSPS) is 33.6. The molecule has 2 saturated carbocycles. The van der Waals surface area contributed by atoms with Gasteiger partial charge in [-0.2, -0.15) is 0 Å². The summed E-state index contributed by atoms with van der Waals surface area (Å²) in [6.07, 6.45) is 8.25. The first-order chi connectivity index (χ1) is 12.1. The van der Waals surface area contributed by atoms with Crippen molar-refractivity contribution in [1.82, 2.24) is 10.2 Å². The summed E-state index contributed by atoms with van der Waals surface area (Å²) in [5.41, 5.74) is 1.23. The summed E-state index contributed by atoms with van der Waals surface area (Å²) >= 11 is 1.70. The predicted molar refractivity (Wildman–Crippen MR) is 99.1 cm³/mol. The maximum atomic E-state index is 12.9. The van der Waals surface area contributed by atoms with Crippen LogP contribution in [0.2, 0.25) is 0 Å². The van der Waals surface area contributed by atoms with Gasteiger partial charge >= 0.3 is 0 Å². The molecule has 0 unspecified atom stereocenters. The van der Waals surface area contributed by atoms with Gasteiger partial charge in [0.1, 0.15) is 5.60 Å². The Labute approximate surface area is 153 Å². The third kappa shape index (κ3) is 2.75. The van der Waals surface area contributed by atoms with Gasteiger partial charge in [0.15, 0.2) is 0 Å². The molecule has 1 amide bonds. The molecule has 25 heavy (non-hydrogen) atoms. The molecule has 3 heterocycles. The lowest BCUT2D eigenvalue weighted by Crippen LogP contribution is -2.44. The maximum absolute atomic E-state index is 12.9. The number of rotatable bonds is 2. The zero-order valence-electron chi connectivity index (χ0n) is 15.1. The third-order valence-electron chi connectivity index (χ3n) is 7.05. The van der Waals surface area contributed by atoms with E-state index in [1.165, 1.54) is 36.1 Å². The van der Waals surface area contributed by atoms with Crippen LogP contribution >= 0.6 is 11.3 Å². The Morgan fingerprint density at radius 2 is 2.16 bits per heavy atom. The lowest BCUT2D eigenvalue weighted by Gasteiger charge is -2.42. The van der Waals surface area contributed by atoms with Crippen molar-refractivity contribution in [3.8, 4) is 0 Å². The van der Waals surface area contributed by atoms with E-state index in [0.717, 1.165) is 55.7 Å². The molecule has 2 bridgehead atoms. The van der Waals surface area contributed by atoms with Crippen molar-refractivity contribution in [2.45, 2.75) is 56.6 Å². The molecule has 0 aromatic carbocycles. The highest BCUT2D eigenvalue weighted by molar-refractivity contribution is 7.14. The van der Waals surface area contributed by atoms with E-state index in [1.807, 2.05) is 0 Å². The zero-order valence-corrected chi connectivity index (χ0v) is 15.9. The molecule has 5 heteroatoms. The molecule has 5 rings (SSSR count). The van der Waals surface area contributed by atoms with E-state index in [9.17, 15) is 4.79 Å². The molecule has 4 nitrogen and oxygen atoms in total. The molecule has 4 aliphatic rings. The lowest BCUT2D eigenvalue weighted by atomic mass is 9.85. The maximum Gasteiger partial charge on any atom is 0.261 e. The first kappa shape index (κ1) is 16.3. The average molecular weight is 361 g/mol. The first-order valence-corrected chi connectivity index (χ1v) is 10.7. The van der Waals surface area contributed by atoms with Crippen LogP contribution in [0, 0.1) is 11.8 Å². The summed E-state index contributed by atoms with van der Waals surface area (Å²) in [6.45, 7) is 2.94. The number of thiophene rings is 1. The van der Waals surface area contributed by atoms with E-state index in [-0.39, 0.29) is 11.5 Å². The molecule has 1 saturated heterocycles. The summed E-state index contributed by atoms with van der Waals surface area (Å²) in [5, 5.41) is 3.36. The minimum atomic E-state index is -0.129. The molecule has 2 aliphatic carbocycles. The van der Waals surface area contributed by atoms with Crippen LogP contribution in [0.15, 0.2) is 6.07 Å².